The predicted molar refractivity (Wildman–Crippen MR) is 74.9 cm³/mol. The molecular formula is C14H24N4. The zero-order valence-corrected chi connectivity index (χ0v) is 12.0. The third-order valence-electron chi connectivity index (χ3n) is 3.35. The topological polar surface area (TPSA) is 41.0 Å². The normalized spacial score (nSPS) is 14.9. The average Bonchev–Trinajstić information content (AvgIpc) is 2.72. The molecule has 100 valence electrons. The number of fused-ring (bicyclic) bond motifs is 1. The molecule has 1 aromatic heterocycles. The molecule has 18 heavy (non-hydrogen) atoms. The van der Waals surface area contributed by atoms with E-state index in [-0.39, 0.29) is 5.41 Å². The monoisotopic (exact) mass is 248 g/mol. The third kappa shape index (κ3) is 3.19. The van der Waals surface area contributed by atoms with Crippen LogP contribution in [0, 0.1) is 5.41 Å². The number of rotatable bonds is 5. The van der Waals surface area contributed by atoms with E-state index < -0.39 is 0 Å². The van der Waals surface area contributed by atoms with Crippen LogP contribution in [0.15, 0.2) is 6.33 Å². The Kier molecular flexibility index (Phi) is 3.85. The highest BCUT2D eigenvalue weighted by atomic mass is 15.1. The fourth-order valence-electron chi connectivity index (χ4n) is 2.75. The Balaban J connectivity index is 2.01. The summed E-state index contributed by atoms with van der Waals surface area (Å²) in [6, 6.07) is 0. The summed E-state index contributed by atoms with van der Waals surface area (Å²) in [5.41, 5.74) is 2.80. The van der Waals surface area contributed by atoms with Crippen molar-refractivity contribution in [3.63, 3.8) is 0 Å². The quantitative estimate of drug-likeness (QED) is 0.865. The van der Waals surface area contributed by atoms with Gasteiger partial charge in [-0.3, -0.25) is 0 Å². The van der Waals surface area contributed by atoms with Gasteiger partial charge in [-0.2, -0.15) is 0 Å². The summed E-state index contributed by atoms with van der Waals surface area (Å²) in [4.78, 5) is 11.0. The minimum absolute atomic E-state index is 0.236. The Morgan fingerprint density at radius 2 is 2.06 bits per heavy atom. The Morgan fingerprint density at radius 3 is 2.78 bits per heavy atom. The molecule has 4 heteroatoms. The Morgan fingerprint density at radius 1 is 1.28 bits per heavy atom. The van der Waals surface area contributed by atoms with Crippen LogP contribution >= 0.6 is 0 Å². The Bertz CT molecular complexity index is 412. The summed E-state index contributed by atoms with van der Waals surface area (Å²) in [6.45, 7) is 6.56. The first-order chi connectivity index (χ1) is 8.48. The molecule has 0 unspecified atom stereocenters. The molecule has 4 nitrogen and oxygen atoms in total. The summed E-state index contributed by atoms with van der Waals surface area (Å²) in [5, 5.41) is 3.51. The first kappa shape index (κ1) is 13.3. The molecule has 1 heterocycles. The first-order valence-electron chi connectivity index (χ1n) is 6.69. The number of anilines is 1. The standard InChI is InChI=1S/C14H24N4/c1-14(2,9-18(3)4)8-15-13-11-6-5-7-12(11)16-10-17-13/h10H,5-9H2,1-4H3,(H,15,16,17). The van der Waals surface area contributed by atoms with E-state index in [1.54, 1.807) is 6.33 Å². The molecule has 0 radical (unpaired) electrons. The molecule has 0 aliphatic heterocycles. The maximum Gasteiger partial charge on any atom is 0.132 e. The zero-order valence-electron chi connectivity index (χ0n) is 12.0. The first-order valence-corrected chi connectivity index (χ1v) is 6.69. The highest BCUT2D eigenvalue weighted by Gasteiger charge is 2.21. The van der Waals surface area contributed by atoms with Crippen LogP contribution in [-0.4, -0.2) is 42.1 Å². The molecule has 0 bridgehead atoms. The van der Waals surface area contributed by atoms with Gasteiger partial charge in [-0.25, -0.2) is 9.97 Å². The highest BCUT2D eigenvalue weighted by Crippen LogP contribution is 2.26. The number of hydrogen-bond acceptors (Lipinski definition) is 4. The molecule has 0 atom stereocenters. The molecule has 1 N–H and O–H groups in total. The molecule has 2 rings (SSSR count). The summed E-state index contributed by atoms with van der Waals surface area (Å²) in [5.74, 6) is 1.05. The van der Waals surface area contributed by atoms with Crippen molar-refractivity contribution in [1.29, 1.82) is 0 Å². The van der Waals surface area contributed by atoms with Crippen LogP contribution < -0.4 is 5.32 Å². The summed E-state index contributed by atoms with van der Waals surface area (Å²) in [7, 11) is 4.23. The van der Waals surface area contributed by atoms with E-state index in [0.717, 1.165) is 31.7 Å². The van der Waals surface area contributed by atoms with Gasteiger partial charge in [-0.1, -0.05) is 13.8 Å². The van der Waals surface area contributed by atoms with Crippen molar-refractivity contribution in [2.24, 2.45) is 5.41 Å². The van der Waals surface area contributed by atoms with Crippen molar-refractivity contribution in [1.82, 2.24) is 14.9 Å². The molecule has 0 amide bonds. The minimum Gasteiger partial charge on any atom is -0.369 e. The van der Waals surface area contributed by atoms with Crippen molar-refractivity contribution in [2.75, 3.05) is 32.5 Å². The molecule has 1 aliphatic rings. The van der Waals surface area contributed by atoms with Gasteiger partial charge in [0.05, 0.1) is 0 Å². The van der Waals surface area contributed by atoms with Gasteiger partial charge in [0.1, 0.15) is 12.1 Å². The second-order valence-corrected chi connectivity index (χ2v) is 6.26. The van der Waals surface area contributed by atoms with E-state index >= 15 is 0 Å². The number of aromatic nitrogens is 2. The van der Waals surface area contributed by atoms with Crippen LogP contribution in [0.25, 0.3) is 0 Å². The van der Waals surface area contributed by atoms with Crippen LogP contribution in [0.1, 0.15) is 31.5 Å². The van der Waals surface area contributed by atoms with E-state index in [1.807, 2.05) is 0 Å². The molecular weight excluding hydrogens is 224 g/mol. The maximum atomic E-state index is 4.40. The van der Waals surface area contributed by atoms with Gasteiger partial charge in [0.15, 0.2) is 0 Å². The van der Waals surface area contributed by atoms with Gasteiger partial charge >= 0.3 is 0 Å². The SMILES string of the molecule is CN(C)CC(C)(C)CNc1ncnc2c1CCC2. The van der Waals surface area contributed by atoms with Crippen LogP contribution in [0.3, 0.4) is 0 Å². The molecule has 0 aromatic carbocycles. The third-order valence-corrected chi connectivity index (χ3v) is 3.35. The number of nitrogens with one attached hydrogen (secondary N) is 1. The second kappa shape index (κ2) is 5.22. The van der Waals surface area contributed by atoms with Crippen molar-refractivity contribution in [3.05, 3.63) is 17.6 Å². The van der Waals surface area contributed by atoms with Gasteiger partial charge in [-0.05, 0) is 38.8 Å². The molecule has 1 aromatic rings. The second-order valence-electron chi connectivity index (χ2n) is 6.26. The lowest BCUT2D eigenvalue weighted by molar-refractivity contribution is 0.254. The molecule has 1 aliphatic carbocycles. The molecule has 0 spiro atoms. The van der Waals surface area contributed by atoms with Gasteiger partial charge < -0.3 is 10.2 Å². The van der Waals surface area contributed by atoms with E-state index in [4.69, 9.17) is 0 Å². The fourth-order valence-corrected chi connectivity index (χ4v) is 2.75. The number of hydrogen-bond donors (Lipinski definition) is 1. The molecule has 0 saturated carbocycles. The summed E-state index contributed by atoms with van der Waals surface area (Å²) in [6.07, 6.45) is 5.12. The lowest BCUT2D eigenvalue weighted by atomic mass is 9.93. The summed E-state index contributed by atoms with van der Waals surface area (Å²) < 4.78 is 0. The number of nitrogens with zero attached hydrogens (tertiary/aromatic N) is 3. The van der Waals surface area contributed by atoms with Gasteiger partial charge in [0.25, 0.3) is 0 Å². The predicted octanol–water partition coefficient (Wildman–Crippen LogP) is 1.96. The molecule has 0 fully saturated rings. The van der Waals surface area contributed by atoms with Gasteiger partial charge in [-0.15, -0.1) is 0 Å². The Hall–Kier alpha value is -1.16. The van der Waals surface area contributed by atoms with Crippen molar-refractivity contribution < 1.29 is 0 Å². The van der Waals surface area contributed by atoms with Crippen LogP contribution in [-0.2, 0) is 12.8 Å². The minimum atomic E-state index is 0.236. The van der Waals surface area contributed by atoms with Crippen LogP contribution in [0.5, 0.6) is 0 Å². The zero-order chi connectivity index (χ0) is 13.2. The summed E-state index contributed by atoms with van der Waals surface area (Å²) >= 11 is 0. The lowest BCUT2D eigenvalue weighted by Crippen LogP contribution is -2.34. The highest BCUT2D eigenvalue weighted by molar-refractivity contribution is 5.48. The lowest BCUT2D eigenvalue weighted by Gasteiger charge is -2.29. The van der Waals surface area contributed by atoms with E-state index in [9.17, 15) is 0 Å². The van der Waals surface area contributed by atoms with Gasteiger partial charge in [0, 0.05) is 24.3 Å². The smallest absolute Gasteiger partial charge is 0.132 e. The van der Waals surface area contributed by atoms with Crippen LogP contribution in [0.2, 0.25) is 0 Å². The van der Waals surface area contributed by atoms with E-state index in [2.05, 4.69) is 48.1 Å². The van der Waals surface area contributed by atoms with E-state index in [1.165, 1.54) is 17.7 Å². The average molecular weight is 248 g/mol. The maximum absolute atomic E-state index is 4.40. The van der Waals surface area contributed by atoms with Crippen molar-refractivity contribution in [3.8, 4) is 0 Å². The number of aryl methyl sites for hydroxylation is 1. The Labute approximate surface area is 110 Å². The van der Waals surface area contributed by atoms with Crippen molar-refractivity contribution in [2.45, 2.75) is 33.1 Å². The fraction of sp³-hybridized carbons (Fsp3) is 0.714. The van der Waals surface area contributed by atoms with Gasteiger partial charge in [0.2, 0.25) is 0 Å². The molecule has 0 saturated heterocycles. The largest absolute Gasteiger partial charge is 0.369 e. The van der Waals surface area contributed by atoms with Crippen molar-refractivity contribution >= 4 is 5.82 Å². The van der Waals surface area contributed by atoms with E-state index in [0.29, 0.717) is 0 Å². The van der Waals surface area contributed by atoms with Crippen LogP contribution in [0.4, 0.5) is 5.82 Å².